The highest BCUT2D eigenvalue weighted by Gasteiger charge is 2.20. The molecule has 1 amide bonds. The Morgan fingerprint density at radius 2 is 1.79 bits per heavy atom. The van der Waals surface area contributed by atoms with Gasteiger partial charge in [-0.05, 0) is 6.42 Å². The van der Waals surface area contributed by atoms with Crippen LogP contribution >= 0.6 is 0 Å². The molecule has 19 heavy (non-hydrogen) atoms. The van der Waals surface area contributed by atoms with Crippen molar-refractivity contribution in [1.29, 1.82) is 0 Å². The minimum absolute atomic E-state index is 0.0344. The van der Waals surface area contributed by atoms with Crippen LogP contribution in [0.15, 0.2) is 0 Å². The Labute approximate surface area is 114 Å². The highest BCUT2D eigenvalue weighted by Crippen LogP contribution is 2.05. The zero-order valence-electron chi connectivity index (χ0n) is 11.6. The number of carbonyl (C=O) groups is 2. The zero-order valence-corrected chi connectivity index (χ0v) is 11.6. The quantitative estimate of drug-likeness (QED) is 0.563. The second-order valence-electron chi connectivity index (χ2n) is 4.43. The third-order valence-corrected chi connectivity index (χ3v) is 2.91. The standard InChI is InChI=1S/C13H23NO5/c1-17-9-10-18-7-2-8-19-11-13(16)14-5-3-12(15)4-6-14/h2-11H2,1H3. The smallest absolute Gasteiger partial charge is 0.248 e. The molecule has 0 aromatic carbocycles. The van der Waals surface area contributed by atoms with Gasteiger partial charge in [0.1, 0.15) is 12.4 Å². The molecule has 6 nitrogen and oxygen atoms in total. The van der Waals surface area contributed by atoms with Crippen molar-refractivity contribution in [2.45, 2.75) is 19.3 Å². The molecule has 0 spiro atoms. The normalized spacial score (nSPS) is 15.8. The fourth-order valence-corrected chi connectivity index (χ4v) is 1.76. The fraction of sp³-hybridized carbons (Fsp3) is 0.846. The van der Waals surface area contributed by atoms with Crippen molar-refractivity contribution in [3.8, 4) is 0 Å². The Balaban J connectivity index is 1.94. The van der Waals surface area contributed by atoms with Gasteiger partial charge in [-0.3, -0.25) is 9.59 Å². The summed E-state index contributed by atoms with van der Waals surface area (Å²) in [5, 5.41) is 0. The molecule has 1 aliphatic rings. The lowest BCUT2D eigenvalue weighted by Gasteiger charge is -2.25. The van der Waals surface area contributed by atoms with E-state index in [9.17, 15) is 9.59 Å². The first-order valence-corrected chi connectivity index (χ1v) is 6.68. The molecule has 1 rings (SSSR count). The number of nitrogens with zero attached hydrogens (tertiary/aromatic N) is 1. The number of ketones is 1. The third kappa shape index (κ3) is 7.25. The van der Waals surface area contributed by atoms with Gasteiger partial charge in [0, 0.05) is 46.3 Å². The number of hydrogen-bond donors (Lipinski definition) is 0. The van der Waals surface area contributed by atoms with Crippen LogP contribution in [-0.4, -0.2) is 69.8 Å². The first kappa shape index (κ1) is 16.1. The second-order valence-corrected chi connectivity index (χ2v) is 4.43. The molecule has 0 aromatic heterocycles. The molecular weight excluding hydrogens is 250 g/mol. The molecule has 1 heterocycles. The molecule has 0 saturated carbocycles. The Morgan fingerprint density at radius 1 is 1.11 bits per heavy atom. The molecule has 0 radical (unpaired) electrons. The molecule has 6 heteroatoms. The van der Waals surface area contributed by atoms with Gasteiger partial charge in [0.15, 0.2) is 0 Å². The fourth-order valence-electron chi connectivity index (χ4n) is 1.76. The zero-order chi connectivity index (χ0) is 13.9. The summed E-state index contributed by atoms with van der Waals surface area (Å²) in [6.07, 6.45) is 1.70. The van der Waals surface area contributed by atoms with Gasteiger partial charge in [-0.15, -0.1) is 0 Å². The van der Waals surface area contributed by atoms with Crippen LogP contribution in [0.2, 0.25) is 0 Å². The molecule has 0 unspecified atom stereocenters. The average molecular weight is 273 g/mol. The van der Waals surface area contributed by atoms with Crippen molar-refractivity contribution < 1.29 is 23.8 Å². The van der Waals surface area contributed by atoms with E-state index in [1.165, 1.54) is 0 Å². The maximum Gasteiger partial charge on any atom is 0.248 e. The topological polar surface area (TPSA) is 65.1 Å². The molecule has 0 N–H and O–H groups in total. The second kappa shape index (κ2) is 9.89. The lowest BCUT2D eigenvalue weighted by atomic mass is 10.1. The molecule has 110 valence electrons. The van der Waals surface area contributed by atoms with Gasteiger partial charge < -0.3 is 19.1 Å². The summed E-state index contributed by atoms with van der Waals surface area (Å²) in [6, 6.07) is 0. The first-order valence-electron chi connectivity index (χ1n) is 6.68. The van der Waals surface area contributed by atoms with Gasteiger partial charge in [0.05, 0.1) is 13.2 Å². The van der Waals surface area contributed by atoms with E-state index in [-0.39, 0.29) is 18.3 Å². The maximum absolute atomic E-state index is 11.7. The van der Waals surface area contributed by atoms with Crippen LogP contribution < -0.4 is 0 Å². The number of ether oxygens (including phenoxy) is 3. The number of rotatable bonds is 9. The number of Topliss-reactive ketones (excluding diaryl/α,β-unsaturated/α-hetero) is 1. The van der Waals surface area contributed by atoms with E-state index in [2.05, 4.69) is 0 Å². The van der Waals surface area contributed by atoms with E-state index in [4.69, 9.17) is 14.2 Å². The minimum Gasteiger partial charge on any atom is -0.382 e. The predicted molar refractivity (Wildman–Crippen MR) is 69.0 cm³/mol. The van der Waals surface area contributed by atoms with Crippen molar-refractivity contribution in [3.63, 3.8) is 0 Å². The van der Waals surface area contributed by atoms with Gasteiger partial charge in [0.2, 0.25) is 5.91 Å². The monoisotopic (exact) mass is 273 g/mol. The van der Waals surface area contributed by atoms with Gasteiger partial charge in [0.25, 0.3) is 0 Å². The van der Waals surface area contributed by atoms with Gasteiger partial charge in [-0.2, -0.15) is 0 Å². The summed E-state index contributed by atoms with van der Waals surface area (Å²) in [5.74, 6) is 0.200. The van der Waals surface area contributed by atoms with Gasteiger partial charge in [-0.25, -0.2) is 0 Å². The Kier molecular flexibility index (Phi) is 8.36. The summed E-state index contributed by atoms with van der Waals surface area (Å²) in [5.41, 5.74) is 0. The lowest BCUT2D eigenvalue weighted by molar-refractivity contribution is -0.138. The molecule has 1 saturated heterocycles. The van der Waals surface area contributed by atoms with Crippen LogP contribution in [0, 0.1) is 0 Å². The summed E-state index contributed by atoms with van der Waals surface area (Å²) in [7, 11) is 1.63. The number of methoxy groups -OCH3 is 1. The number of likely N-dealkylation sites (tertiary alicyclic amines) is 1. The lowest BCUT2D eigenvalue weighted by Crippen LogP contribution is -2.40. The Bertz CT molecular complexity index is 272. The van der Waals surface area contributed by atoms with E-state index in [0.29, 0.717) is 52.4 Å². The van der Waals surface area contributed by atoms with Crippen LogP contribution in [0.5, 0.6) is 0 Å². The summed E-state index contributed by atoms with van der Waals surface area (Å²) >= 11 is 0. The summed E-state index contributed by atoms with van der Waals surface area (Å²) in [4.78, 5) is 24.5. The van der Waals surface area contributed by atoms with E-state index in [0.717, 1.165) is 6.42 Å². The summed E-state index contributed by atoms with van der Waals surface area (Å²) < 4.78 is 15.4. The van der Waals surface area contributed by atoms with Crippen LogP contribution in [0.1, 0.15) is 19.3 Å². The van der Waals surface area contributed by atoms with Crippen molar-refractivity contribution in [3.05, 3.63) is 0 Å². The van der Waals surface area contributed by atoms with Crippen LogP contribution in [0.25, 0.3) is 0 Å². The highest BCUT2D eigenvalue weighted by atomic mass is 16.5. The summed E-state index contributed by atoms with van der Waals surface area (Å²) in [6.45, 7) is 3.43. The van der Waals surface area contributed by atoms with Crippen molar-refractivity contribution in [2.75, 3.05) is 53.2 Å². The van der Waals surface area contributed by atoms with E-state index in [1.54, 1.807) is 12.0 Å². The van der Waals surface area contributed by atoms with Crippen LogP contribution in [-0.2, 0) is 23.8 Å². The number of carbonyl (C=O) groups excluding carboxylic acids is 2. The molecule has 1 aliphatic heterocycles. The van der Waals surface area contributed by atoms with E-state index >= 15 is 0 Å². The third-order valence-electron chi connectivity index (χ3n) is 2.91. The largest absolute Gasteiger partial charge is 0.382 e. The molecule has 0 atom stereocenters. The highest BCUT2D eigenvalue weighted by molar-refractivity contribution is 5.83. The van der Waals surface area contributed by atoms with Gasteiger partial charge in [-0.1, -0.05) is 0 Å². The van der Waals surface area contributed by atoms with Crippen molar-refractivity contribution >= 4 is 11.7 Å². The molecule has 0 bridgehead atoms. The van der Waals surface area contributed by atoms with E-state index in [1.807, 2.05) is 0 Å². The Hall–Kier alpha value is -0.980. The molecule has 0 aromatic rings. The molecule has 1 fully saturated rings. The first-order chi connectivity index (χ1) is 9.24. The predicted octanol–water partition coefficient (Wildman–Crippen LogP) is 0.248. The minimum atomic E-state index is -0.0344. The number of amides is 1. The maximum atomic E-state index is 11.7. The number of hydrogen-bond acceptors (Lipinski definition) is 5. The molecular formula is C13H23NO5. The van der Waals surface area contributed by atoms with Crippen LogP contribution in [0.3, 0.4) is 0 Å². The molecule has 0 aliphatic carbocycles. The number of piperidine rings is 1. The SMILES string of the molecule is COCCOCCCOCC(=O)N1CCC(=O)CC1. The average Bonchev–Trinajstić information content (AvgIpc) is 2.42. The van der Waals surface area contributed by atoms with Crippen molar-refractivity contribution in [1.82, 2.24) is 4.90 Å². The van der Waals surface area contributed by atoms with E-state index < -0.39 is 0 Å². The van der Waals surface area contributed by atoms with Crippen molar-refractivity contribution in [2.24, 2.45) is 0 Å². The Morgan fingerprint density at radius 3 is 2.47 bits per heavy atom. The van der Waals surface area contributed by atoms with Crippen LogP contribution in [0.4, 0.5) is 0 Å². The van der Waals surface area contributed by atoms with Gasteiger partial charge >= 0.3 is 0 Å².